The van der Waals surface area contributed by atoms with Gasteiger partial charge in [-0.3, -0.25) is 4.68 Å². The minimum absolute atomic E-state index is 0.0492. The highest BCUT2D eigenvalue weighted by atomic mass is 32.2. The Balaban J connectivity index is 1.78. The summed E-state index contributed by atoms with van der Waals surface area (Å²) in [7, 11) is -1.37. The molecule has 1 aromatic heterocycles. The maximum absolute atomic E-state index is 12.3. The molecule has 1 aliphatic heterocycles. The van der Waals surface area contributed by atoms with Crippen molar-refractivity contribution in [3.63, 3.8) is 0 Å². The van der Waals surface area contributed by atoms with Gasteiger partial charge in [-0.05, 0) is 13.8 Å². The zero-order valence-corrected chi connectivity index (χ0v) is 13.6. The Morgan fingerprint density at radius 2 is 2.05 bits per heavy atom. The van der Waals surface area contributed by atoms with Gasteiger partial charge in [0.25, 0.3) is 0 Å². The number of ether oxygens (including phenoxy) is 1. The molecule has 0 amide bonds. The van der Waals surface area contributed by atoms with Crippen LogP contribution in [0.5, 0.6) is 0 Å². The molecule has 0 saturated carbocycles. The molecule has 0 aromatic carbocycles. The SMILES string of the molecule is C[C@@H]1CN(S(=O)(=O)CCNCc2cnn(C)c2)C[C@@H](C)O1. The van der Waals surface area contributed by atoms with Crippen molar-refractivity contribution >= 4 is 10.0 Å². The molecule has 2 rings (SSSR count). The molecule has 21 heavy (non-hydrogen) atoms. The molecular formula is C13H24N4O3S. The molecule has 0 spiro atoms. The molecule has 8 heteroatoms. The summed E-state index contributed by atoms with van der Waals surface area (Å²) in [6.07, 6.45) is 3.58. The van der Waals surface area contributed by atoms with Gasteiger partial charge in [-0.1, -0.05) is 0 Å². The minimum atomic E-state index is -3.23. The molecule has 0 radical (unpaired) electrons. The van der Waals surface area contributed by atoms with Gasteiger partial charge in [0.2, 0.25) is 10.0 Å². The second-order valence-corrected chi connectivity index (χ2v) is 7.68. The first kappa shape index (κ1) is 16.4. The highest BCUT2D eigenvalue weighted by molar-refractivity contribution is 7.89. The van der Waals surface area contributed by atoms with Gasteiger partial charge >= 0.3 is 0 Å². The first-order chi connectivity index (χ1) is 9.87. The number of aromatic nitrogens is 2. The van der Waals surface area contributed by atoms with E-state index in [0.717, 1.165) is 5.56 Å². The predicted molar refractivity (Wildman–Crippen MR) is 80.3 cm³/mol. The van der Waals surface area contributed by atoms with Gasteiger partial charge in [0.15, 0.2) is 0 Å². The van der Waals surface area contributed by atoms with E-state index in [-0.39, 0.29) is 18.0 Å². The highest BCUT2D eigenvalue weighted by Gasteiger charge is 2.30. The first-order valence-electron chi connectivity index (χ1n) is 7.18. The molecule has 1 aliphatic rings. The van der Waals surface area contributed by atoms with Crippen LogP contribution in [0.2, 0.25) is 0 Å². The minimum Gasteiger partial charge on any atom is -0.373 e. The molecule has 2 heterocycles. The maximum atomic E-state index is 12.3. The molecule has 0 aliphatic carbocycles. The van der Waals surface area contributed by atoms with E-state index in [4.69, 9.17) is 4.74 Å². The van der Waals surface area contributed by atoms with Crippen LogP contribution >= 0.6 is 0 Å². The number of sulfonamides is 1. The lowest BCUT2D eigenvalue weighted by Gasteiger charge is -2.34. The van der Waals surface area contributed by atoms with Crippen molar-refractivity contribution in [2.24, 2.45) is 7.05 Å². The fourth-order valence-corrected chi connectivity index (χ4v) is 4.02. The zero-order valence-electron chi connectivity index (χ0n) is 12.8. The van der Waals surface area contributed by atoms with Gasteiger partial charge in [0.05, 0.1) is 24.2 Å². The third-order valence-corrected chi connectivity index (χ3v) is 5.21. The molecule has 0 unspecified atom stereocenters. The zero-order chi connectivity index (χ0) is 15.5. The van der Waals surface area contributed by atoms with Crippen molar-refractivity contribution in [1.82, 2.24) is 19.4 Å². The molecule has 120 valence electrons. The van der Waals surface area contributed by atoms with Crippen molar-refractivity contribution in [2.45, 2.75) is 32.6 Å². The summed E-state index contributed by atoms with van der Waals surface area (Å²) in [6, 6.07) is 0. The fourth-order valence-electron chi connectivity index (χ4n) is 2.48. The van der Waals surface area contributed by atoms with Crippen molar-refractivity contribution < 1.29 is 13.2 Å². The number of hydrogen-bond acceptors (Lipinski definition) is 5. The molecule has 1 aromatic rings. The van der Waals surface area contributed by atoms with Gasteiger partial charge in [0, 0.05) is 45.0 Å². The quantitative estimate of drug-likeness (QED) is 0.745. The molecule has 7 nitrogen and oxygen atoms in total. The summed E-state index contributed by atoms with van der Waals surface area (Å²) in [5.74, 6) is 0.104. The summed E-state index contributed by atoms with van der Waals surface area (Å²) in [5, 5.41) is 7.21. The van der Waals surface area contributed by atoms with Crippen LogP contribution in [0.15, 0.2) is 12.4 Å². The number of nitrogens with one attached hydrogen (secondary N) is 1. The second kappa shape index (κ2) is 6.87. The van der Waals surface area contributed by atoms with Crippen molar-refractivity contribution in [1.29, 1.82) is 0 Å². The van der Waals surface area contributed by atoms with Gasteiger partial charge in [-0.25, -0.2) is 8.42 Å². The summed E-state index contributed by atoms with van der Waals surface area (Å²) < 4.78 is 33.4. The summed E-state index contributed by atoms with van der Waals surface area (Å²) in [4.78, 5) is 0. The normalized spacial score (nSPS) is 24.3. The number of aryl methyl sites for hydroxylation is 1. The Bertz CT molecular complexity index is 548. The van der Waals surface area contributed by atoms with Crippen LogP contribution in [0.1, 0.15) is 19.4 Å². The lowest BCUT2D eigenvalue weighted by molar-refractivity contribution is -0.0440. The monoisotopic (exact) mass is 316 g/mol. The average Bonchev–Trinajstić information content (AvgIpc) is 2.79. The maximum Gasteiger partial charge on any atom is 0.215 e. The van der Waals surface area contributed by atoms with Crippen LogP contribution in [0.25, 0.3) is 0 Å². The van der Waals surface area contributed by atoms with Gasteiger partial charge in [-0.2, -0.15) is 9.40 Å². The molecule has 0 bridgehead atoms. The summed E-state index contributed by atoms with van der Waals surface area (Å²) in [6.45, 7) is 5.73. The topological polar surface area (TPSA) is 76.5 Å². The number of morpholine rings is 1. The van der Waals surface area contributed by atoms with E-state index in [1.54, 1.807) is 10.9 Å². The van der Waals surface area contributed by atoms with E-state index in [2.05, 4.69) is 10.4 Å². The second-order valence-electron chi connectivity index (χ2n) is 5.59. The Morgan fingerprint density at radius 1 is 1.38 bits per heavy atom. The first-order valence-corrected chi connectivity index (χ1v) is 8.79. The molecular weight excluding hydrogens is 292 g/mol. The fraction of sp³-hybridized carbons (Fsp3) is 0.769. The summed E-state index contributed by atoms with van der Waals surface area (Å²) in [5.41, 5.74) is 1.04. The predicted octanol–water partition coefficient (Wildman–Crippen LogP) is -0.0513. The molecule has 1 N–H and O–H groups in total. The van der Waals surface area contributed by atoms with E-state index in [0.29, 0.717) is 26.2 Å². The molecule has 1 saturated heterocycles. The van der Waals surface area contributed by atoms with Gasteiger partial charge in [0.1, 0.15) is 0 Å². The third-order valence-electron chi connectivity index (χ3n) is 3.40. The number of nitrogens with zero attached hydrogens (tertiary/aromatic N) is 3. The van der Waals surface area contributed by atoms with Crippen LogP contribution < -0.4 is 5.32 Å². The third kappa shape index (κ3) is 4.77. The largest absolute Gasteiger partial charge is 0.373 e. The van der Waals surface area contributed by atoms with Crippen LogP contribution in [-0.4, -0.2) is 60.1 Å². The smallest absolute Gasteiger partial charge is 0.215 e. The van der Waals surface area contributed by atoms with E-state index in [1.807, 2.05) is 27.1 Å². The molecule has 1 fully saturated rings. The average molecular weight is 316 g/mol. The highest BCUT2D eigenvalue weighted by Crippen LogP contribution is 2.14. The van der Waals surface area contributed by atoms with Crippen molar-refractivity contribution in [2.75, 3.05) is 25.4 Å². The van der Waals surface area contributed by atoms with Crippen LogP contribution in [-0.2, 0) is 28.4 Å². The Morgan fingerprint density at radius 3 is 2.62 bits per heavy atom. The van der Waals surface area contributed by atoms with Gasteiger partial charge < -0.3 is 10.1 Å². The number of hydrogen-bond donors (Lipinski definition) is 1. The van der Waals surface area contributed by atoms with Crippen LogP contribution in [0, 0.1) is 0 Å². The van der Waals surface area contributed by atoms with Crippen LogP contribution in [0.3, 0.4) is 0 Å². The van der Waals surface area contributed by atoms with E-state index in [1.165, 1.54) is 4.31 Å². The van der Waals surface area contributed by atoms with Crippen LogP contribution in [0.4, 0.5) is 0 Å². The van der Waals surface area contributed by atoms with Crippen molar-refractivity contribution in [3.05, 3.63) is 18.0 Å². The summed E-state index contributed by atoms with van der Waals surface area (Å²) >= 11 is 0. The number of rotatable bonds is 6. The van der Waals surface area contributed by atoms with E-state index in [9.17, 15) is 8.42 Å². The van der Waals surface area contributed by atoms with E-state index >= 15 is 0 Å². The Labute approximate surface area is 126 Å². The Hall–Kier alpha value is -0.960. The van der Waals surface area contributed by atoms with Crippen molar-refractivity contribution in [3.8, 4) is 0 Å². The molecule has 2 atom stereocenters. The standard InChI is InChI=1S/C13H24N4O3S/c1-11-8-17(9-12(2)20-11)21(18,19)5-4-14-6-13-7-15-16(3)10-13/h7,10-12,14H,4-6,8-9H2,1-3H3/t11-,12-/m1/s1. The lowest BCUT2D eigenvalue weighted by atomic mass is 10.3. The van der Waals surface area contributed by atoms with E-state index < -0.39 is 10.0 Å². The van der Waals surface area contributed by atoms with Gasteiger partial charge in [-0.15, -0.1) is 0 Å². The lowest BCUT2D eigenvalue weighted by Crippen LogP contribution is -2.49. The Kier molecular flexibility index (Phi) is 5.37.